The lowest BCUT2D eigenvalue weighted by atomic mass is 10.0. The second-order valence-electron chi connectivity index (χ2n) is 7.15. The lowest BCUT2D eigenvalue weighted by Gasteiger charge is -2.13. The number of hydrogen-bond acceptors (Lipinski definition) is 7. The van der Waals surface area contributed by atoms with Crippen LogP contribution in [0.4, 0.5) is 4.79 Å². The quantitative estimate of drug-likeness (QED) is 0.170. The van der Waals surface area contributed by atoms with Gasteiger partial charge >= 0.3 is 11.2 Å². The Balaban J connectivity index is 1.95. The number of thioether (sulfide) groups is 1. The number of rotatable bonds is 10. The molecule has 0 aromatic heterocycles. The predicted octanol–water partition coefficient (Wildman–Crippen LogP) is 3.90. The predicted molar refractivity (Wildman–Crippen MR) is 130 cm³/mol. The van der Waals surface area contributed by atoms with E-state index in [4.69, 9.17) is 10.6 Å². The highest BCUT2D eigenvalue weighted by molar-refractivity contribution is 8.13. The first kappa shape index (κ1) is 26.6. The molecule has 0 aliphatic carbocycles. The molecule has 0 saturated heterocycles. The standard InChI is InChI=1S/C24H27N3O6S/c1-4-6-20(28)33-32-19-13-11-16(12-14-19)21(29)15(3)26-23(30)18-9-7-17(8-10-18)22(25)27-24(31)34-5-2/h7-15H,4-6H2,1-3H3,(H,26,30)(H2,25,27,31). The molecule has 180 valence electrons. The minimum absolute atomic E-state index is 0.0639. The van der Waals surface area contributed by atoms with E-state index >= 15 is 0 Å². The molecular formula is C24H27N3O6S. The molecule has 0 fully saturated rings. The van der Waals surface area contributed by atoms with Gasteiger partial charge < -0.3 is 11.1 Å². The molecule has 0 aliphatic heterocycles. The SMILES string of the molecule is CCCC(=O)OOc1ccc(C(=O)C(C)NC(=O)c2ccc(/C(N)=N/C(=O)SCC)cc2)cc1. The molecule has 0 bridgehead atoms. The van der Waals surface area contributed by atoms with Crippen LogP contribution < -0.4 is 15.9 Å². The van der Waals surface area contributed by atoms with Crippen LogP contribution in [0.15, 0.2) is 53.5 Å². The number of aliphatic imine (C=N–C) groups is 1. The van der Waals surface area contributed by atoms with Gasteiger partial charge in [0, 0.05) is 23.1 Å². The van der Waals surface area contributed by atoms with Gasteiger partial charge in [-0.05, 0) is 55.5 Å². The van der Waals surface area contributed by atoms with Gasteiger partial charge in [0.25, 0.3) is 5.91 Å². The lowest BCUT2D eigenvalue weighted by molar-refractivity contribution is -0.213. The van der Waals surface area contributed by atoms with E-state index in [0.29, 0.717) is 28.9 Å². The zero-order valence-electron chi connectivity index (χ0n) is 19.2. The maximum absolute atomic E-state index is 12.7. The third kappa shape index (κ3) is 8.04. The van der Waals surface area contributed by atoms with Crippen LogP contribution >= 0.6 is 11.8 Å². The molecule has 3 N–H and O–H groups in total. The van der Waals surface area contributed by atoms with Crippen molar-refractivity contribution in [3.63, 3.8) is 0 Å². The first-order valence-corrected chi connectivity index (χ1v) is 11.7. The second-order valence-corrected chi connectivity index (χ2v) is 8.36. The molecule has 10 heteroatoms. The van der Waals surface area contributed by atoms with Gasteiger partial charge in [-0.3, -0.25) is 24.2 Å². The van der Waals surface area contributed by atoms with Crippen molar-refractivity contribution in [2.45, 2.75) is 39.7 Å². The average Bonchev–Trinajstić information content (AvgIpc) is 2.83. The molecule has 1 atom stereocenters. The lowest BCUT2D eigenvalue weighted by Crippen LogP contribution is -2.38. The van der Waals surface area contributed by atoms with Gasteiger partial charge in [-0.15, -0.1) is 0 Å². The fourth-order valence-electron chi connectivity index (χ4n) is 2.72. The smallest absolute Gasteiger partial charge is 0.355 e. The van der Waals surface area contributed by atoms with Crippen molar-refractivity contribution in [1.82, 2.24) is 5.32 Å². The largest absolute Gasteiger partial charge is 0.383 e. The van der Waals surface area contributed by atoms with Crippen LogP contribution in [-0.4, -0.2) is 40.5 Å². The van der Waals surface area contributed by atoms with Crippen LogP contribution in [0.5, 0.6) is 5.75 Å². The van der Waals surface area contributed by atoms with E-state index in [2.05, 4.69) is 15.2 Å². The molecule has 2 aromatic carbocycles. The van der Waals surface area contributed by atoms with E-state index in [-0.39, 0.29) is 29.0 Å². The topological polar surface area (TPSA) is 137 Å². The van der Waals surface area contributed by atoms with E-state index < -0.39 is 17.9 Å². The average molecular weight is 486 g/mol. The monoisotopic (exact) mass is 485 g/mol. The minimum Gasteiger partial charge on any atom is -0.383 e. The molecule has 2 amide bonds. The van der Waals surface area contributed by atoms with E-state index in [9.17, 15) is 19.2 Å². The number of hydrogen-bond donors (Lipinski definition) is 2. The maximum Gasteiger partial charge on any atom is 0.355 e. The number of ketones is 1. The van der Waals surface area contributed by atoms with E-state index in [1.807, 2.05) is 13.8 Å². The molecule has 9 nitrogen and oxygen atoms in total. The number of Topliss-reactive ketones (excluding diaryl/α,β-unsaturated/α-hetero) is 1. The number of nitrogens with one attached hydrogen (secondary N) is 1. The van der Waals surface area contributed by atoms with Gasteiger partial charge in [0.05, 0.1) is 6.04 Å². The van der Waals surface area contributed by atoms with Gasteiger partial charge in [0.15, 0.2) is 11.5 Å². The van der Waals surface area contributed by atoms with E-state index in [1.54, 1.807) is 19.1 Å². The van der Waals surface area contributed by atoms with E-state index in [1.165, 1.54) is 36.4 Å². The van der Waals surface area contributed by atoms with Gasteiger partial charge in [0.1, 0.15) is 5.84 Å². The Hall–Kier alpha value is -3.66. The molecule has 0 spiro atoms. The van der Waals surface area contributed by atoms with Crippen LogP contribution in [0.1, 0.15) is 59.9 Å². The number of benzene rings is 2. The minimum atomic E-state index is -0.795. The van der Waals surface area contributed by atoms with Crippen molar-refractivity contribution in [3.8, 4) is 5.75 Å². The van der Waals surface area contributed by atoms with E-state index in [0.717, 1.165) is 11.8 Å². The van der Waals surface area contributed by atoms with Crippen molar-refractivity contribution in [1.29, 1.82) is 0 Å². The molecule has 34 heavy (non-hydrogen) atoms. The zero-order chi connectivity index (χ0) is 25.1. The van der Waals surface area contributed by atoms with Crippen molar-refractivity contribution >= 4 is 40.5 Å². The molecule has 1 unspecified atom stereocenters. The normalized spacial score (nSPS) is 11.9. The fraction of sp³-hybridized carbons (Fsp3) is 0.292. The molecule has 0 saturated carbocycles. The summed E-state index contributed by atoms with van der Waals surface area (Å²) in [4.78, 5) is 61.5. The molecule has 0 aliphatic rings. The number of carbonyl (C=O) groups excluding carboxylic acids is 4. The van der Waals surface area contributed by atoms with Gasteiger partial charge in [0.2, 0.25) is 0 Å². The summed E-state index contributed by atoms with van der Waals surface area (Å²) in [6, 6.07) is 11.5. The molecule has 2 aromatic rings. The Morgan fingerprint density at radius 1 is 0.971 bits per heavy atom. The van der Waals surface area contributed by atoms with Crippen LogP contribution in [0.3, 0.4) is 0 Å². The summed E-state index contributed by atoms with van der Waals surface area (Å²) < 4.78 is 0. The summed E-state index contributed by atoms with van der Waals surface area (Å²) in [5.74, 6) is -0.292. The third-order valence-electron chi connectivity index (χ3n) is 4.49. The number of amidine groups is 1. The molecule has 0 radical (unpaired) electrons. The Kier molecular flexibility index (Phi) is 10.3. The van der Waals surface area contributed by atoms with Crippen LogP contribution in [0.2, 0.25) is 0 Å². The summed E-state index contributed by atoms with van der Waals surface area (Å²) >= 11 is 1.05. The Morgan fingerprint density at radius 2 is 1.56 bits per heavy atom. The summed E-state index contributed by atoms with van der Waals surface area (Å²) in [5.41, 5.74) is 7.02. The summed E-state index contributed by atoms with van der Waals surface area (Å²) in [5, 5.41) is 2.27. The summed E-state index contributed by atoms with van der Waals surface area (Å²) in [7, 11) is 0. The Labute approximate surface area is 202 Å². The first-order chi connectivity index (χ1) is 16.2. The third-order valence-corrected chi connectivity index (χ3v) is 5.11. The van der Waals surface area contributed by atoms with Crippen molar-refractivity contribution in [2.24, 2.45) is 10.7 Å². The number of carbonyl (C=O) groups is 4. The maximum atomic E-state index is 12.7. The van der Waals surface area contributed by atoms with Crippen molar-refractivity contribution in [2.75, 3.05) is 5.75 Å². The first-order valence-electron chi connectivity index (χ1n) is 10.7. The molecule has 0 heterocycles. The van der Waals surface area contributed by atoms with Crippen LogP contribution in [-0.2, 0) is 9.68 Å². The zero-order valence-corrected chi connectivity index (χ0v) is 20.0. The second kappa shape index (κ2) is 13.1. The van der Waals surface area contributed by atoms with Gasteiger partial charge in [-0.2, -0.15) is 4.99 Å². The highest BCUT2D eigenvalue weighted by Gasteiger charge is 2.19. The Morgan fingerprint density at radius 3 is 2.15 bits per heavy atom. The van der Waals surface area contributed by atoms with Crippen LogP contribution in [0.25, 0.3) is 0 Å². The van der Waals surface area contributed by atoms with Gasteiger partial charge in [-0.25, -0.2) is 4.79 Å². The highest BCUT2D eigenvalue weighted by atomic mass is 32.2. The number of nitrogens with zero attached hydrogens (tertiary/aromatic N) is 1. The summed E-state index contributed by atoms with van der Waals surface area (Å²) in [6.45, 7) is 5.26. The molecular weight excluding hydrogens is 458 g/mol. The van der Waals surface area contributed by atoms with Crippen LogP contribution in [0, 0.1) is 0 Å². The van der Waals surface area contributed by atoms with Gasteiger partial charge in [-0.1, -0.05) is 37.7 Å². The fourth-order valence-corrected chi connectivity index (χ4v) is 3.13. The summed E-state index contributed by atoms with van der Waals surface area (Å²) in [6.07, 6.45) is 0.889. The van der Waals surface area contributed by atoms with Crippen molar-refractivity contribution < 1.29 is 29.0 Å². The number of amides is 2. The molecule has 2 rings (SSSR count). The van der Waals surface area contributed by atoms with Crippen molar-refractivity contribution in [3.05, 3.63) is 65.2 Å². The number of nitrogens with two attached hydrogens (primary N) is 1. The Bertz CT molecular complexity index is 1050. The highest BCUT2D eigenvalue weighted by Crippen LogP contribution is 2.15.